The van der Waals surface area contributed by atoms with E-state index >= 15 is 0 Å². The first-order chi connectivity index (χ1) is 25.1. The van der Waals surface area contributed by atoms with Gasteiger partial charge in [0.25, 0.3) is 0 Å². The first kappa shape index (κ1) is 34.6. The summed E-state index contributed by atoms with van der Waals surface area (Å²) in [6.07, 6.45) is 5.61. The van der Waals surface area contributed by atoms with Crippen molar-refractivity contribution in [2.45, 2.75) is 97.1 Å². The molecule has 1 aliphatic carbocycles. The van der Waals surface area contributed by atoms with Crippen molar-refractivity contribution in [3.8, 4) is 22.3 Å². The van der Waals surface area contributed by atoms with Gasteiger partial charge in [0.1, 0.15) is 0 Å². The highest BCUT2D eigenvalue weighted by Crippen LogP contribution is 2.46. The summed E-state index contributed by atoms with van der Waals surface area (Å²) in [7, 11) is -0.952. The van der Waals surface area contributed by atoms with Gasteiger partial charge in [0.15, 0.2) is 0 Å². The molecule has 0 N–H and O–H groups in total. The summed E-state index contributed by atoms with van der Waals surface area (Å²) in [5.41, 5.74) is 7.73. The van der Waals surface area contributed by atoms with E-state index in [-0.39, 0.29) is 0 Å². The Morgan fingerprint density at radius 2 is 1.00 bits per heavy atom. The number of hydrogen-bond donors (Lipinski definition) is 0. The number of hydrogen-bond acceptors (Lipinski definition) is 4. The third-order valence-electron chi connectivity index (χ3n) is 12.9. The largest absolute Gasteiger partial charge is 0.494 e. The van der Waals surface area contributed by atoms with Crippen molar-refractivity contribution in [3.63, 3.8) is 0 Å². The molecular formula is C47H48B2O4. The van der Waals surface area contributed by atoms with Crippen LogP contribution in [0.25, 0.3) is 60.6 Å². The number of benzene rings is 6. The number of rotatable bonds is 4. The lowest BCUT2D eigenvalue weighted by atomic mass is 9.74. The average molecular weight is 699 g/mol. The zero-order valence-electron chi connectivity index (χ0n) is 32.5. The van der Waals surface area contributed by atoms with E-state index in [0.717, 1.165) is 17.3 Å². The monoisotopic (exact) mass is 698 g/mol. The lowest BCUT2D eigenvalue weighted by Gasteiger charge is -2.32. The fourth-order valence-corrected chi connectivity index (χ4v) is 8.32. The molecule has 2 aliphatic heterocycles. The van der Waals surface area contributed by atoms with Gasteiger partial charge in [-0.3, -0.25) is 0 Å². The van der Waals surface area contributed by atoms with Crippen LogP contribution in [0.2, 0.25) is 0 Å². The van der Waals surface area contributed by atoms with Crippen molar-refractivity contribution < 1.29 is 18.6 Å². The molecule has 3 aliphatic rings. The van der Waals surface area contributed by atoms with Crippen LogP contribution in [0.1, 0.15) is 85.8 Å². The molecule has 2 saturated heterocycles. The molecule has 6 aromatic rings. The van der Waals surface area contributed by atoms with Crippen LogP contribution in [0, 0.1) is 0 Å². The number of fused-ring (bicyclic) bond motifs is 4. The fraction of sp³-hybridized carbons (Fsp3) is 0.319. The van der Waals surface area contributed by atoms with Gasteiger partial charge in [-0.25, -0.2) is 0 Å². The Bertz CT molecular complexity index is 2460. The molecule has 1 atom stereocenters. The molecule has 0 saturated carbocycles. The SMILES string of the molecule is C[C@@H]1CC=Cc2ccc(-c3c4ccc(B5OC(C)(C)C(C)(C)O5)cc4c(-c4ccc5ccccc5c4)c4ccc(B5OC(C)(C)C(C)(C)O5)cc34)cc21. The van der Waals surface area contributed by atoms with Crippen molar-refractivity contribution in [2.24, 2.45) is 0 Å². The van der Waals surface area contributed by atoms with Gasteiger partial charge in [0, 0.05) is 0 Å². The molecule has 6 heteroatoms. The van der Waals surface area contributed by atoms with Gasteiger partial charge in [-0.2, -0.15) is 0 Å². The highest BCUT2D eigenvalue weighted by Gasteiger charge is 2.53. The normalized spacial score (nSPS) is 21.2. The smallest absolute Gasteiger partial charge is 0.399 e. The van der Waals surface area contributed by atoms with Crippen molar-refractivity contribution in [1.82, 2.24) is 0 Å². The maximum atomic E-state index is 6.63. The van der Waals surface area contributed by atoms with Crippen molar-refractivity contribution in [2.75, 3.05) is 0 Å². The summed E-state index contributed by atoms with van der Waals surface area (Å²) in [6, 6.07) is 36.1. The Labute approximate surface area is 314 Å². The first-order valence-electron chi connectivity index (χ1n) is 19.2. The highest BCUT2D eigenvalue weighted by molar-refractivity contribution is 6.63. The summed E-state index contributed by atoms with van der Waals surface area (Å²) < 4.78 is 26.5. The van der Waals surface area contributed by atoms with E-state index in [4.69, 9.17) is 18.6 Å². The van der Waals surface area contributed by atoms with E-state index in [2.05, 4.69) is 172 Å². The zero-order chi connectivity index (χ0) is 37.1. The van der Waals surface area contributed by atoms with Crippen LogP contribution >= 0.6 is 0 Å². The van der Waals surface area contributed by atoms with Gasteiger partial charge in [0.05, 0.1) is 22.4 Å². The Morgan fingerprint density at radius 1 is 0.509 bits per heavy atom. The summed E-state index contributed by atoms with van der Waals surface area (Å²) in [5, 5.41) is 7.15. The third kappa shape index (κ3) is 5.52. The first-order valence-corrected chi connectivity index (χ1v) is 19.2. The highest BCUT2D eigenvalue weighted by atomic mass is 16.7. The van der Waals surface area contributed by atoms with E-state index in [1.54, 1.807) is 0 Å². The minimum Gasteiger partial charge on any atom is -0.399 e. The topological polar surface area (TPSA) is 36.9 Å². The van der Waals surface area contributed by atoms with Crippen LogP contribution in [0.3, 0.4) is 0 Å². The Balaban J connectivity index is 1.36. The summed E-state index contributed by atoms with van der Waals surface area (Å²) >= 11 is 0. The molecule has 0 spiro atoms. The minimum atomic E-state index is -0.477. The van der Waals surface area contributed by atoms with Gasteiger partial charge in [0.2, 0.25) is 0 Å². The van der Waals surface area contributed by atoms with Gasteiger partial charge < -0.3 is 18.6 Å². The number of allylic oxidation sites excluding steroid dienone is 1. The molecule has 6 aromatic carbocycles. The van der Waals surface area contributed by atoms with Crippen LogP contribution in [0.15, 0.2) is 103 Å². The molecule has 2 fully saturated rings. The molecule has 0 unspecified atom stereocenters. The molecule has 0 aromatic heterocycles. The predicted molar refractivity (Wildman–Crippen MR) is 223 cm³/mol. The molecule has 266 valence electrons. The van der Waals surface area contributed by atoms with E-state index in [0.29, 0.717) is 5.92 Å². The van der Waals surface area contributed by atoms with Crippen LogP contribution in [0.4, 0.5) is 0 Å². The van der Waals surface area contributed by atoms with E-state index < -0.39 is 36.6 Å². The van der Waals surface area contributed by atoms with Crippen LogP contribution in [0.5, 0.6) is 0 Å². The Kier molecular flexibility index (Phi) is 7.76. The van der Waals surface area contributed by atoms with Gasteiger partial charge >= 0.3 is 14.2 Å². The molecule has 9 rings (SSSR count). The van der Waals surface area contributed by atoms with E-state index in [1.165, 1.54) is 65.7 Å². The minimum absolute atomic E-state index is 0.443. The summed E-state index contributed by atoms with van der Waals surface area (Å²) in [6.45, 7) is 19.3. The molecule has 0 bridgehead atoms. The van der Waals surface area contributed by atoms with Crippen LogP contribution in [-0.4, -0.2) is 36.6 Å². The van der Waals surface area contributed by atoms with Crippen molar-refractivity contribution >= 4 is 63.6 Å². The summed E-state index contributed by atoms with van der Waals surface area (Å²) in [5.74, 6) is 0.444. The maximum absolute atomic E-state index is 6.63. The average Bonchev–Trinajstić information content (AvgIpc) is 3.49. The molecule has 4 nitrogen and oxygen atoms in total. The maximum Gasteiger partial charge on any atom is 0.494 e. The third-order valence-corrected chi connectivity index (χ3v) is 12.9. The van der Waals surface area contributed by atoms with E-state index in [1.807, 2.05) is 0 Å². The summed E-state index contributed by atoms with van der Waals surface area (Å²) in [4.78, 5) is 0. The second-order valence-corrected chi connectivity index (χ2v) is 17.5. The molecule has 0 radical (unpaired) electrons. The Morgan fingerprint density at radius 3 is 1.55 bits per heavy atom. The standard InChI is InChI=1S/C47H48B2O4/c1-29-13-12-16-31-18-20-34(26-39(29)31)43-38-24-22-35(48-50-44(2,3)45(4,5)51-48)27-40(38)42(33-19-17-30-14-10-11-15-32(30)25-33)37-23-21-36(28-41(37)43)49-52-46(6,7)47(8,9)53-49/h10-12,14-29H,13H2,1-9H3/t29-/m1/s1. The van der Waals surface area contributed by atoms with Crippen molar-refractivity contribution in [1.29, 1.82) is 0 Å². The van der Waals surface area contributed by atoms with Crippen molar-refractivity contribution in [3.05, 3.63) is 114 Å². The lowest BCUT2D eigenvalue weighted by molar-refractivity contribution is 0.00578. The van der Waals surface area contributed by atoms with Gasteiger partial charge in [-0.1, -0.05) is 110 Å². The molecule has 53 heavy (non-hydrogen) atoms. The zero-order valence-corrected chi connectivity index (χ0v) is 32.5. The Hall–Kier alpha value is -4.19. The predicted octanol–water partition coefficient (Wildman–Crippen LogP) is 10.6. The van der Waals surface area contributed by atoms with Crippen LogP contribution in [-0.2, 0) is 18.6 Å². The molecular weight excluding hydrogens is 650 g/mol. The van der Waals surface area contributed by atoms with Crippen LogP contribution < -0.4 is 10.9 Å². The van der Waals surface area contributed by atoms with Gasteiger partial charge in [-0.05, 0) is 150 Å². The molecule has 0 amide bonds. The van der Waals surface area contributed by atoms with E-state index in [9.17, 15) is 0 Å². The molecule has 2 heterocycles. The second-order valence-electron chi connectivity index (χ2n) is 17.5. The van der Waals surface area contributed by atoms with Gasteiger partial charge in [-0.15, -0.1) is 0 Å². The quantitative estimate of drug-likeness (QED) is 0.136. The fourth-order valence-electron chi connectivity index (χ4n) is 8.32. The second kappa shape index (κ2) is 11.9. The lowest BCUT2D eigenvalue weighted by Crippen LogP contribution is -2.41.